The van der Waals surface area contributed by atoms with E-state index >= 15 is 0 Å². The monoisotopic (exact) mass is 546 g/mol. The van der Waals surface area contributed by atoms with Crippen LogP contribution in [0.25, 0.3) is 27.8 Å². The number of aryl methyl sites for hydroxylation is 1. The summed E-state index contributed by atoms with van der Waals surface area (Å²) in [5.41, 5.74) is 4.70. The number of benzene rings is 1. The fourth-order valence-electron chi connectivity index (χ4n) is 5.41. The Bertz CT molecular complexity index is 1740. The molecule has 10 heteroatoms. The molecule has 0 saturated carbocycles. The molecule has 0 bridgehead atoms. The minimum absolute atomic E-state index is 0.0409. The van der Waals surface area contributed by atoms with E-state index in [0.717, 1.165) is 39.2 Å². The Morgan fingerprint density at radius 1 is 0.951 bits per heavy atom. The van der Waals surface area contributed by atoms with Crippen LogP contribution in [0, 0.1) is 11.3 Å². The second kappa shape index (κ2) is 10.5. The van der Waals surface area contributed by atoms with E-state index in [1.54, 1.807) is 28.7 Å². The summed E-state index contributed by atoms with van der Waals surface area (Å²) in [5.74, 6) is 0.799. The maximum Gasteiger partial charge on any atom is 0.259 e. The van der Waals surface area contributed by atoms with Crippen molar-refractivity contribution in [3.8, 4) is 28.3 Å². The molecule has 5 heterocycles. The number of hydrogen-bond acceptors (Lipinski definition) is 7. The number of carbonyl (C=O) groups excluding carboxylic acids is 1. The van der Waals surface area contributed by atoms with Crippen molar-refractivity contribution in [2.45, 2.75) is 12.5 Å². The van der Waals surface area contributed by atoms with E-state index in [2.05, 4.69) is 27.2 Å². The summed E-state index contributed by atoms with van der Waals surface area (Å²) in [6.45, 7) is 4.30. The van der Waals surface area contributed by atoms with Crippen LogP contribution in [0.3, 0.4) is 0 Å². The van der Waals surface area contributed by atoms with Gasteiger partial charge in [-0.2, -0.15) is 15.5 Å². The predicted molar refractivity (Wildman–Crippen MR) is 155 cm³/mol. The van der Waals surface area contributed by atoms with Crippen molar-refractivity contribution in [3.63, 3.8) is 0 Å². The van der Waals surface area contributed by atoms with Crippen molar-refractivity contribution in [2.75, 3.05) is 38.2 Å². The Morgan fingerprint density at radius 2 is 1.73 bits per heavy atom. The zero-order valence-corrected chi connectivity index (χ0v) is 23.2. The smallest absolute Gasteiger partial charge is 0.259 e. The first-order valence-corrected chi connectivity index (χ1v) is 13.4. The number of carbonyl (C=O) groups is 1. The van der Waals surface area contributed by atoms with Crippen LogP contribution < -0.4 is 4.90 Å². The minimum atomic E-state index is -1.03. The van der Waals surface area contributed by atoms with Crippen molar-refractivity contribution in [3.05, 3.63) is 90.6 Å². The Morgan fingerprint density at radius 3 is 2.37 bits per heavy atom. The van der Waals surface area contributed by atoms with Gasteiger partial charge in [-0.15, -0.1) is 0 Å². The predicted octanol–water partition coefficient (Wildman–Crippen LogP) is 3.88. The fraction of sp³-hybridized carbons (Fsp3) is 0.258. The van der Waals surface area contributed by atoms with Crippen LogP contribution in [0.1, 0.15) is 18.1 Å². The number of nitrogens with zero attached hydrogens (tertiary/aromatic N) is 8. The van der Waals surface area contributed by atoms with E-state index < -0.39 is 5.60 Å². The largest absolute Gasteiger partial charge is 0.364 e. The molecule has 0 spiro atoms. The van der Waals surface area contributed by atoms with Gasteiger partial charge in [-0.05, 0) is 30.7 Å². The van der Waals surface area contributed by atoms with Gasteiger partial charge in [-0.3, -0.25) is 9.48 Å². The zero-order valence-electron chi connectivity index (χ0n) is 23.2. The molecule has 41 heavy (non-hydrogen) atoms. The van der Waals surface area contributed by atoms with Gasteiger partial charge in [-0.1, -0.05) is 30.3 Å². The molecule has 5 aromatic rings. The second-order valence-corrected chi connectivity index (χ2v) is 10.3. The summed E-state index contributed by atoms with van der Waals surface area (Å²) < 4.78 is 9.23. The summed E-state index contributed by atoms with van der Waals surface area (Å²) in [5, 5.41) is 18.4. The van der Waals surface area contributed by atoms with Gasteiger partial charge in [0, 0.05) is 81.2 Å². The lowest BCUT2D eigenvalue weighted by Crippen LogP contribution is -2.54. The first-order chi connectivity index (χ1) is 19.9. The molecule has 1 aliphatic rings. The van der Waals surface area contributed by atoms with Gasteiger partial charge in [-0.25, -0.2) is 9.50 Å². The Hall–Kier alpha value is -5.01. The maximum atomic E-state index is 13.5. The van der Waals surface area contributed by atoms with Crippen molar-refractivity contribution >= 4 is 17.2 Å². The molecule has 6 rings (SSSR count). The molecule has 1 aliphatic heterocycles. The topological polar surface area (TPSA) is 105 Å². The number of amides is 1. The molecular formula is C31H30N8O2. The second-order valence-electron chi connectivity index (χ2n) is 10.3. The van der Waals surface area contributed by atoms with Crippen molar-refractivity contribution in [2.24, 2.45) is 7.05 Å². The minimum Gasteiger partial charge on any atom is -0.364 e. The SMILES string of the molecule is CO[C@](C)(C(=O)N1CCN(c2ccc(-c3cc(-c4cnn(C)c4)cn4ncc(C#N)c34)cn2)CC1)c1ccccc1. The van der Waals surface area contributed by atoms with Crippen LogP contribution in [-0.2, 0) is 22.2 Å². The van der Waals surface area contributed by atoms with Crippen LogP contribution in [0.5, 0.6) is 0 Å². The summed E-state index contributed by atoms with van der Waals surface area (Å²) in [7, 11) is 3.46. The molecule has 1 aromatic carbocycles. The highest BCUT2D eigenvalue weighted by Crippen LogP contribution is 2.33. The lowest BCUT2D eigenvalue weighted by Gasteiger charge is -2.39. The van der Waals surface area contributed by atoms with Gasteiger partial charge in [0.25, 0.3) is 5.91 Å². The van der Waals surface area contributed by atoms with Gasteiger partial charge < -0.3 is 14.5 Å². The highest BCUT2D eigenvalue weighted by molar-refractivity contribution is 5.88. The Kier molecular flexibility index (Phi) is 6.73. The molecule has 0 unspecified atom stereocenters. The quantitative estimate of drug-likeness (QED) is 0.318. The fourth-order valence-corrected chi connectivity index (χ4v) is 5.41. The zero-order chi connectivity index (χ0) is 28.6. The lowest BCUT2D eigenvalue weighted by molar-refractivity contribution is -0.154. The van der Waals surface area contributed by atoms with E-state index in [1.807, 2.05) is 79.9 Å². The van der Waals surface area contributed by atoms with Crippen molar-refractivity contribution < 1.29 is 9.53 Å². The first-order valence-electron chi connectivity index (χ1n) is 13.4. The van der Waals surface area contributed by atoms with Crippen LogP contribution in [-0.4, -0.2) is 68.5 Å². The molecule has 1 atom stereocenters. The number of rotatable bonds is 6. The summed E-state index contributed by atoms with van der Waals surface area (Å²) in [6, 6.07) is 17.9. The average Bonchev–Trinajstić information content (AvgIpc) is 3.66. The Balaban J connectivity index is 1.22. The molecule has 0 radical (unpaired) electrons. The highest BCUT2D eigenvalue weighted by Gasteiger charge is 2.39. The van der Waals surface area contributed by atoms with Gasteiger partial charge in [0.1, 0.15) is 11.9 Å². The van der Waals surface area contributed by atoms with Crippen molar-refractivity contribution in [1.29, 1.82) is 5.26 Å². The number of nitriles is 1. The maximum absolute atomic E-state index is 13.5. The van der Waals surface area contributed by atoms with E-state index in [4.69, 9.17) is 9.72 Å². The van der Waals surface area contributed by atoms with Gasteiger partial charge in [0.15, 0.2) is 5.60 Å². The summed E-state index contributed by atoms with van der Waals surface area (Å²) in [4.78, 5) is 22.3. The number of pyridine rings is 2. The molecule has 0 aliphatic carbocycles. The average molecular weight is 547 g/mol. The third-order valence-electron chi connectivity index (χ3n) is 7.86. The van der Waals surface area contributed by atoms with Crippen molar-refractivity contribution in [1.82, 2.24) is 29.3 Å². The number of anilines is 1. The third-order valence-corrected chi connectivity index (χ3v) is 7.86. The van der Waals surface area contributed by atoms with Crippen LogP contribution in [0.4, 0.5) is 5.82 Å². The molecule has 10 nitrogen and oxygen atoms in total. The Labute approximate surface area is 238 Å². The molecule has 1 saturated heterocycles. The highest BCUT2D eigenvalue weighted by atomic mass is 16.5. The van der Waals surface area contributed by atoms with Gasteiger partial charge in [0.2, 0.25) is 0 Å². The number of methoxy groups -OCH3 is 1. The van der Waals surface area contributed by atoms with E-state index in [9.17, 15) is 10.1 Å². The number of piperazine rings is 1. The molecule has 0 N–H and O–H groups in total. The molecule has 1 fully saturated rings. The molecule has 4 aromatic heterocycles. The van der Waals surface area contributed by atoms with E-state index in [0.29, 0.717) is 31.7 Å². The number of ether oxygens (including phenoxy) is 1. The van der Waals surface area contributed by atoms with E-state index in [1.165, 1.54) is 0 Å². The molecule has 206 valence electrons. The number of fused-ring (bicyclic) bond motifs is 1. The summed E-state index contributed by atoms with van der Waals surface area (Å²) in [6.07, 6.45) is 9.08. The lowest BCUT2D eigenvalue weighted by atomic mass is 9.93. The van der Waals surface area contributed by atoms with Gasteiger partial charge in [0.05, 0.1) is 23.5 Å². The summed E-state index contributed by atoms with van der Waals surface area (Å²) >= 11 is 0. The van der Waals surface area contributed by atoms with Gasteiger partial charge >= 0.3 is 0 Å². The number of aromatic nitrogens is 5. The van der Waals surface area contributed by atoms with Crippen LogP contribution >= 0.6 is 0 Å². The first kappa shape index (κ1) is 26.2. The standard InChI is InChI=1S/C31H30N8O2/c1-31(41-3,26-7-5-4-6-8-26)30(40)38-13-11-37(12-14-38)28-10-9-22(17-33-28)27-15-23(25-19-34-36(2)20-25)21-39-29(27)24(16-32)18-35-39/h4-10,15,17-21H,11-14H2,1-3H3/t31-/m0/s1. The number of hydrogen-bond donors (Lipinski definition) is 0. The third kappa shape index (κ3) is 4.70. The van der Waals surface area contributed by atoms with Crippen LogP contribution in [0.15, 0.2) is 79.5 Å². The molecule has 1 amide bonds. The normalized spacial score (nSPS) is 15.1. The van der Waals surface area contributed by atoms with E-state index in [-0.39, 0.29) is 5.91 Å². The molecular weight excluding hydrogens is 516 g/mol. The van der Waals surface area contributed by atoms with Crippen LogP contribution in [0.2, 0.25) is 0 Å².